The minimum Gasteiger partial charge on any atom is -0.378 e. The lowest BCUT2D eigenvalue weighted by molar-refractivity contribution is 0.102. The fourth-order valence-electron chi connectivity index (χ4n) is 2.55. The molecule has 1 nitrogen and oxygen atoms in total. The first-order valence-electron chi connectivity index (χ1n) is 7.14. The van der Waals surface area contributed by atoms with E-state index in [0.717, 1.165) is 13.0 Å². The number of aryl methyl sites for hydroxylation is 1. The Hall–Kier alpha value is -0.340. The fraction of sp³-hybridized carbons (Fsp3) is 0.625. The summed E-state index contributed by atoms with van der Waals surface area (Å²) in [5, 5.41) is 0. The zero-order valence-corrected chi connectivity index (χ0v) is 12.8. The lowest BCUT2D eigenvalue weighted by Crippen LogP contribution is -2.05. The highest BCUT2D eigenvalue weighted by Gasteiger charge is 2.17. The van der Waals surface area contributed by atoms with E-state index in [1.165, 1.54) is 43.2 Å². The van der Waals surface area contributed by atoms with Crippen LogP contribution in [0, 0.1) is 0 Å². The van der Waals surface area contributed by atoms with E-state index in [2.05, 4.69) is 47.1 Å². The minimum absolute atomic E-state index is 0.470. The third-order valence-electron chi connectivity index (χ3n) is 3.65. The van der Waals surface area contributed by atoms with Crippen molar-refractivity contribution in [3.63, 3.8) is 0 Å². The maximum Gasteiger partial charge on any atom is 0.0576 e. The summed E-state index contributed by atoms with van der Waals surface area (Å²) in [5.74, 6) is 0. The van der Waals surface area contributed by atoms with Crippen molar-refractivity contribution >= 4 is 15.9 Å². The molecule has 0 amide bonds. The van der Waals surface area contributed by atoms with Gasteiger partial charge >= 0.3 is 0 Å². The smallest absolute Gasteiger partial charge is 0.0576 e. The van der Waals surface area contributed by atoms with Crippen LogP contribution in [0.2, 0.25) is 0 Å². The Balaban J connectivity index is 1.81. The molecule has 0 bridgehead atoms. The monoisotopic (exact) mass is 310 g/mol. The molecule has 0 aliphatic carbocycles. The molecule has 0 aromatic heterocycles. The molecule has 18 heavy (non-hydrogen) atoms. The molecule has 2 heteroatoms. The first-order valence-corrected chi connectivity index (χ1v) is 8.05. The molecule has 1 fully saturated rings. The predicted molar refractivity (Wildman–Crippen MR) is 80.3 cm³/mol. The van der Waals surface area contributed by atoms with Gasteiger partial charge in [-0.25, -0.2) is 0 Å². The van der Waals surface area contributed by atoms with Crippen LogP contribution in [0.25, 0.3) is 0 Å². The second kappa shape index (κ2) is 7.30. The summed E-state index contributed by atoms with van der Waals surface area (Å²) >= 11 is 3.80. The largest absolute Gasteiger partial charge is 0.378 e. The van der Waals surface area contributed by atoms with Crippen LogP contribution in [0.15, 0.2) is 24.3 Å². The molecule has 1 aromatic rings. The van der Waals surface area contributed by atoms with Crippen LogP contribution in [0.1, 0.15) is 55.0 Å². The minimum atomic E-state index is 0.470. The summed E-state index contributed by atoms with van der Waals surface area (Å²) in [7, 11) is 0. The molecule has 0 saturated carbocycles. The topological polar surface area (TPSA) is 9.23 Å². The maximum absolute atomic E-state index is 5.67. The normalized spacial score (nSPS) is 21.1. The van der Waals surface area contributed by atoms with Crippen molar-refractivity contribution in [1.29, 1.82) is 0 Å². The van der Waals surface area contributed by atoms with Crippen molar-refractivity contribution in [2.45, 2.75) is 56.4 Å². The molecule has 2 atom stereocenters. The number of hydrogen-bond acceptors (Lipinski definition) is 1. The highest BCUT2D eigenvalue weighted by molar-refractivity contribution is 9.09. The number of rotatable bonds is 6. The van der Waals surface area contributed by atoms with Gasteiger partial charge in [-0.05, 0) is 43.2 Å². The van der Waals surface area contributed by atoms with Crippen LogP contribution < -0.4 is 0 Å². The van der Waals surface area contributed by atoms with Crippen molar-refractivity contribution in [2.24, 2.45) is 0 Å². The summed E-state index contributed by atoms with van der Waals surface area (Å²) in [4.78, 5) is 0.470. The second-order valence-electron chi connectivity index (χ2n) is 5.17. The number of alkyl halides is 1. The molecule has 0 spiro atoms. The lowest BCUT2D eigenvalue weighted by Gasteiger charge is -2.14. The molecule has 2 unspecified atom stereocenters. The number of benzene rings is 1. The third kappa shape index (κ3) is 4.10. The molecule has 1 aliphatic heterocycles. The Bertz CT molecular complexity index is 341. The van der Waals surface area contributed by atoms with Crippen LogP contribution in [0.3, 0.4) is 0 Å². The third-order valence-corrected chi connectivity index (χ3v) is 4.63. The fourth-order valence-corrected chi connectivity index (χ4v) is 3.12. The highest BCUT2D eigenvalue weighted by atomic mass is 79.9. The molecular formula is C16H23BrO. The van der Waals surface area contributed by atoms with Crippen LogP contribution in [0.5, 0.6) is 0 Å². The average molecular weight is 311 g/mol. The zero-order valence-electron chi connectivity index (χ0n) is 11.2. The van der Waals surface area contributed by atoms with Gasteiger partial charge in [0, 0.05) is 11.4 Å². The van der Waals surface area contributed by atoms with Gasteiger partial charge in [-0.3, -0.25) is 0 Å². The van der Waals surface area contributed by atoms with E-state index in [0.29, 0.717) is 10.9 Å². The molecule has 1 heterocycles. The Labute approximate surface area is 119 Å². The van der Waals surface area contributed by atoms with E-state index < -0.39 is 0 Å². The van der Waals surface area contributed by atoms with E-state index in [-0.39, 0.29) is 0 Å². The number of halogens is 1. The molecule has 0 radical (unpaired) electrons. The second-order valence-corrected chi connectivity index (χ2v) is 6.28. The highest BCUT2D eigenvalue weighted by Crippen LogP contribution is 2.30. The molecular weight excluding hydrogens is 288 g/mol. The number of hydrogen-bond donors (Lipinski definition) is 0. The molecule has 1 aromatic carbocycles. The van der Waals surface area contributed by atoms with Gasteiger partial charge in [-0.2, -0.15) is 0 Å². The Kier molecular flexibility index (Phi) is 5.71. The quantitative estimate of drug-likeness (QED) is 0.669. The van der Waals surface area contributed by atoms with Crippen molar-refractivity contribution in [3.05, 3.63) is 35.4 Å². The molecule has 100 valence electrons. The van der Waals surface area contributed by atoms with Gasteiger partial charge < -0.3 is 4.74 Å². The van der Waals surface area contributed by atoms with Gasteiger partial charge in [0.1, 0.15) is 0 Å². The first kappa shape index (κ1) is 14.1. The molecule has 1 aliphatic rings. The van der Waals surface area contributed by atoms with Gasteiger partial charge in [-0.15, -0.1) is 0 Å². The van der Waals surface area contributed by atoms with E-state index in [9.17, 15) is 0 Å². The van der Waals surface area contributed by atoms with Gasteiger partial charge in [0.15, 0.2) is 0 Å². The van der Waals surface area contributed by atoms with Gasteiger partial charge in [0.2, 0.25) is 0 Å². The van der Waals surface area contributed by atoms with Gasteiger partial charge in [-0.1, -0.05) is 53.5 Å². The van der Waals surface area contributed by atoms with Crippen molar-refractivity contribution in [2.75, 3.05) is 6.61 Å². The van der Waals surface area contributed by atoms with Gasteiger partial charge in [0.05, 0.1) is 6.10 Å². The van der Waals surface area contributed by atoms with Crippen molar-refractivity contribution in [1.82, 2.24) is 0 Å². The van der Waals surface area contributed by atoms with Crippen molar-refractivity contribution in [3.8, 4) is 0 Å². The van der Waals surface area contributed by atoms with Crippen LogP contribution >= 0.6 is 15.9 Å². The standard InChI is InChI=1S/C16H23BrO/c1-2-4-13-6-8-14(9-7-13)16(17)11-10-15-5-3-12-18-15/h6-9,15-16H,2-5,10-12H2,1H3. The summed E-state index contributed by atoms with van der Waals surface area (Å²) in [5.41, 5.74) is 2.84. The van der Waals surface area contributed by atoms with Gasteiger partial charge in [0.25, 0.3) is 0 Å². The van der Waals surface area contributed by atoms with Crippen LogP contribution in [-0.2, 0) is 11.2 Å². The molecule has 2 rings (SSSR count). The predicted octanol–water partition coefficient (Wildman–Crippen LogP) is 5.03. The Morgan fingerprint density at radius 1 is 1.33 bits per heavy atom. The Morgan fingerprint density at radius 2 is 2.11 bits per heavy atom. The van der Waals surface area contributed by atoms with Crippen LogP contribution in [-0.4, -0.2) is 12.7 Å². The summed E-state index contributed by atoms with van der Waals surface area (Å²) in [6.45, 7) is 3.19. The van der Waals surface area contributed by atoms with E-state index >= 15 is 0 Å². The summed E-state index contributed by atoms with van der Waals surface area (Å²) < 4.78 is 5.67. The maximum atomic E-state index is 5.67. The SMILES string of the molecule is CCCc1ccc(C(Br)CCC2CCCO2)cc1. The average Bonchev–Trinajstić information content (AvgIpc) is 2.90. The lowest BCUT2D eigenvalue weighted by atomic mass is 10.0. The van der Waals surface area contributed by atoms with E-state index in [1.807, 2.05) is 0 Å². The van der Waals surface area contributed by atoms with E-state index in [1.54, 1.807) is 0 Å². The number of ether oxygens (including phenoxy) is 1. The zero-order chi connectivity index (χ0) is 12.8. The summed E-state index contributed by atoms with van der Waals surface area (Å²) in [6.07, 6.45) is 7.73. The molecule has 1 saturated heterocycles. The first-order chi connectivity index (χ1) is 8.79. The van der Waals surface area contributed by atoms with Crippen molar-refractivity contribution < 1.29 is 4.74 Å². The Morgan fingerprint density at radius 3 is 2.72 bits per heavy atom. The molecule has 0 N–H and O–H groups in total. The van der Waals surface area contributed by atoms with E-state index in [4.69, 9.17) is 4.74 Å². The van der Waals surface area contributed by atoms with Crippen LogP contribution in [0.4, 0.5) is 0 Å². The summed E-state index contributed by atoms with van der Waals surface area (Å²) in [6, 6.07) is 9.05.